The summed E-state index contributed by atoms with van der Waals surface area (Å²) in [5.41, 5.74) is -0.814. The number of nitrogens with zero attached hydrogens (tertiary/aromatic N) is 1. The van der Waals surface area contributed by atoms with Gasteiger partial charge in [0.25, 0.3) is 0 Å². The van der Waals surface area contributed by atoms with Gasteiger partial charge in [0.1, 0.15) is 5.82 Å². The summed E-state index contributed by atoms with van der Waals surface area (Å²) < 4.78 is 38.3. The fourth-order valence-electron chi connectivity index (χ4n) is 1.52. The van der Waals surface area contributed by atoms with Crippen LogP contribution >= 0.6 is 0 Å². The second kappa shape index (κ2) is 3.87. The molecule has 15 heavy (non-hydrogen) atoms. The standard InChI is InChI=1S/C10H15F3N2/c1-9(2,3)7(10(11,12)13)6-8-14-4-5-15-8/h4-5,7H,6H2,1-3H3,(H,14,15). The van der Waals surface area contributed by atoms with E-state index in [1.165, 1.54) is 12.4 Å². The summed E-state index contributed by atoms with van der Waals surface area (Å²) in [6, 6.07) is 0. The van der Waals surface area contributed by atoms with E-state index in [1.807, 2.05) is 0 Å². The van der Waals surface area contributed by atoms with Crippen molar-refractivity contribution in [3.8, 4) is 0 Å². The third kappa shape index (κ3) is 3.25. The van der Waals surface area contributed by atoms with Crippen LogP contribution in [0, 0.1) is 11.3 Å². The molecule has 0 spiro atoms. The molecule has 5 heteroatoms. The zero-order valence-corrected chi connectivity index (χ0v) is 9.02. The lowest BCUT2D eigenvalue weighted by Gasteiger charge is -2.31. The lowest BCUT2D eigenvalue weighted by atomic mass is 9.78. The van der Waals surface area contributed by atoms with Gasteiger partial charge in [-0.15, -0.1) is 0 Å². The number of halogens is 3. The Bertz CT molecular complexity index is 281. The smallest absolute Gasteiger partial charge is 0.349 e. The van der Waals surface area contributed by atoms with Gasteiger partial charge in [-0.25, -0.2) is 4.98 Å². The highest BCUT2D eigenvalue weighted by Gasteiger charge is 2.46. The third-order valence-electron chi connectivity index (χ3n) is 2.39. The molecule has 0 radical (unpaired) electrons. The molecule has 0 aliphatic heterocycles. The van der Waals surface area contributed by atoms with Crippen molar-refractivity contribution < 1.29 is 13.2 Å². The van der Waals surface area contributed by atoms with Crippen LogP contribution in [0.1, 0.15) is 26.6 Å². The van der Waals surface area contributed by atoms with E-state index in [0.29, 0.717) is 5.82 Å². The molecule has 0 aliphatic rings. The second-order valence-corrected chi connectivity index (χ2v) is 4.70. The summed E-state index contributed by atoms with van der Waals surface area (Å²) in [6.45, 7) is 4.77. The topological polar surface area (TPSA) is 28.7 Å². The lowest BCUT2D eigenvalue weighted by molar-refractivity contribution is -0.200. The average molecular weight is 220 g/mol. The highest BCUT2D eigenvalue weighted by Crippen LogP contribution is 2.41. The van der Waals surface area contributed by atoms with Gasteiger partial charge < -0.3 is 4.98 Å². The van der Waals surface area contributed by atoms with Gasteiger partial charge in [0, 0.05) is 18.8 Å². The quantitative estimate of drug-likeness (QED) is 0.814. The summed E-state index contributed by atoms with van der Waals surface area (Å²) in [5, 5.41) is 0. The first-order valence-electron chi connectivity index (χ1n) is 4.76. The van der Waals surface area contributed by atoms with Crippen molar-refractivity contribution in [2.24, 2.45) is 11.3 Å². The van der Waals surface area contributed by atoms with Crippen LogP contribution in [0.15, 0.2) is 12.4 Å². The maximum absolute atomic E-state index is 12.8. The number of nitrogens with one attached hydrogen (secondary N) is 1. The van der Waals surface area contributed by atoms with Crippen LogP contribution in [0.25, 0.3) is 0 Å². The van der Waals surface area contributed by atoms with Crippen LogP contribution in [0.2, 0.25) is 0 Å². The minimum absolute atomic E-state index is 0.0972. The van der Waals surface area contributed by atoms with Gasteiger partial charge in [-0.05, 0) is 5.41 Å². The maximum atomic E-state index is 12.8. The predicted octanol–water partition coefficient (Wildman–Crippen LogP) is 3.18. The zero-order valence-electron chi connectivity index (χ0n) is 9.02. The Hall–Kier alpha value is -1.00. The van der Waals surface area contributed by atoms with Crippen LogP contribution in [-0.2, 0) is 6.42 Å². The molecule has 1 unspecified atom stereocenters. The highest BCUT2D eigenvalue weighted by atomic mass is 19.4. The Kier molecular flexibility index (Phi) is 3.11. The largest absolute Gasteiger partial charge is 0.392 e. The van der Waals surface area contributed by atoms with Crippen molar-refractivity contribution in [1.82, 2.24) is 9.97 Å². The molecule has 1 aromatic heterocycles. The SMILES string of the molecule is CC(C)(C)C(Cc1ncc[nH]1)C(F)(F)F. The highest BCUT2D eigenvalue weighted by molar-refractivity contribution is 4.94. The first kappa shape index (κ1) is 12.1. The Labute approximate surface area is 86.9 Å². The van der Waals surface area contributed by atoms with E-state index in [1.54, 1.807) is 20.8 Å². The van der Waals surface area contributed by atoms with Gasteiger partial charge in [0.2, 0.25) is 0 Å². The zero-order chi connectivity index (χ0) is 11.7. The molecule has 0 fully saturated rings. The van der Waals surface area contributed by atoms with E-state index in [-0.39, 0.29) is 6.42 Å². The Morgan fingerprint density at radius 2 is 1.93 bits per heavy atom. The van der Waals surface area contributed by atoms with Crippen molar-refractivity contribution in [3.05, 3.63) is 18.2 Å². The lowest BCUT2D eigenvalue weighted by Crippen LogP contribution is -2.36. The Balaban J connectivity index is 2.84. The number of aromatic amines is 1. The summed E-state index contributed by atoms with van der Waals surface area (Å²) in [5.74, 6) is -0.997. The number of rotatable bonds is 2. The number of alkyl halides is 3. The van der Waals surface area contributed by atoms with Gasteiger partial charge in [-0.2, -0.15) is 13.2 Å². The molecule has 0 amide bonds. The molecule has 1 rings (SSSR count). The molecule has 0 bridgehead atoms. The monoisotopic (exact) mass is 220 g/mol. The molecule has 1 atom stereocenters. The van der Waals surface area contributed by atoms with E-state index >= 15 is 0 Å². The normalized spacial score (nSPS) is 15.3. The van der Waals surface area contributed by atoms with E-state index in [4.69, 9.17) is 0 Å². The first-order valence-corrected chi connectivity index (χ1v) is 4.76. The van der Waals surface area contributed by atoms with E-state index in [9.17, 15) is 13.2 Å². The maximum Gasteiger partial charge on any atom is 0.392 e. The van der Waals surface area contributed by atoms with Gasteiger partial charge in [-0.1, -0.05) is 20.8 Å². The summed E-state index contributed by atoms with van der Waals surface area (Å²) in [7, 11) is 0. The molecule has 0 saturated carbocycles. The molecule has 86 valence electrons. The van der Waals surface area contributed by atoms with Crippen molar-refractivity contribution >= 4 is 0 Å². The van der Waals surface area contributed by atoms with Crippen molar-refractivity contribution in [2.75, 3.05) is 0 Å². The molecular formula is C10H15F3N2. The average Bonchev–Trinajstić information content (AvgIpc) is 2.46. The third-order valence-corrected chi connectivity index (χ3v) is 2.39. The van der Waals surface area contributed by atoms with Crippen LogP contribution in [0.3, 0.4) is 0 Å². The molecule has 0 saturated heterocycles. The number of imidazole rings is 1. The van der Waals surface area contributed by atoms with Crippen LogP contribution in [0.4, 0.5) is 13.2 Å². The van der Waals surface area contributed by atoms with Crippen molar-refractivity contribution in [1.29, 1.82) is 0 Å². The van der Waals surface area contributed by atoms with Crippen molar-refractivity contribution in [2.45, 2.75) is 33.4 Å². The fourth-order valence-corrected chi connectivity index (χ4v) is 1.52. The minimum Gasteiger partial charge on any atom is -0.349 e. The van der Waals surface area contributed by atoms with E-state index in [0.717, 1.165) is 0 Å². The van der Waals surface area contributed by atoms with Crippen molar-refractivity contribution in [3.63, 3.8) is 0 Å². The van der Waals surface area contributed by atoms with E-state index in [2.05, 4.69) is 9.97 Å². The molecule has 0 aromatic carbocycles. The molecule has 1 aromatic rings. The number of hydrogen-bond donors (Lipinski definition) is 1. The van der Waals surface area contributed by atoms with Gasteiger partial charge in [0.15, 0.2) is 0 Å². The molecule has 2 nitrogen and oxygen atoms in total. The number of hydrogen-bond acceptors (Lipinski definition) is 1. The predicted molar refractivity (Wildman–Crippen MR) is 51.3 cm³/mol. The van der Waals surface area contributed by atoms with Crippen LogP contribution < -0.4 is 0 Å². The molecular weight excluding hydrogens is 205 g/mol. The minimum atomic E-state index is -4.19. The van der Waals surface area contributed by atoms with E-state index < -0.39 is 17.5 Å². The number of H-pyrrole nitrogens is 1. The van der Waals surface area contributed by atoms with Gasteiger partial charge >= 0.3 is 6.18 Å². The second-order valence-electron chi connectivity index (χ2n) is 4.70. The first-order chi connectivity index (χ1) is 6.71. The molecule has 1 heterocycles. The van der Waals surface area contributed by atoms with Gasteiger partial charge in [-0.3, -0.25) is 0 Å². The Morgan fingerprint density at radius 3 is 2.27 bits per heavy atom. The summed E-state index contributed by atoms with van der Waals surface area (Å²) >= 11 is 0. The van der Waals surface area contributed by atoms with Crippen LogP contribution in [0.5, 0.6) is 0 Å². The van der Waals surface area contributed by atoms with Gasteiger partial charge in [0.05, 0.1) is 5.92 Å². The number of aromatic nitrogens is 2. The van der Waals surface area contributed by atoms with Crippen LogP contribution in [-0.4, -0.2) is 16.1 Å². The molecule has 0 aliphatic carbocycles. The summed E-state index contributed by atoms with van der Waals surface area (Å²) in [4.78, 5) is 6.53. The summed E-state index contributed by atoms with van der Waals surface area (Å²) in [6.07, 6.45) is -1.29. The Morgan fingerprint density at radius 1 is 1.33 bits per heavy atom. The molecule has 1 N–H and O–H groups in total. The fraction of sp³-hybridized carbons (Fsp3) is 0.700.